The fourth-order valence-electron chi connectivity index (χ4n) is 12.1. The molecule has 1 unspecified atom stereocenters. The number of primary amides is 1. The summed E-state index contributed by atoms with van der Waals surface area (Å²) in [7, 11) is 7.26. The van der Waals surface area contributed by atoms with Gasteiger partial charge in [-0.25, -0.2) is 28.7 Å². The molecule has 0 spiro atoms. The van der Waals surface area contributed by atoms with Gasteiger partial charge in [-0.05, 0) is 105 Å². The molecular formula is C91H136FN18O27S2+. The molecule has 3 aromatic carbocycles. The van der Waals surface area contributed by atoms with Gasteiger partial charge in [0.05, 0.1) is 293 Å². The second kappa shape index (κ2) is 72.4. The Hall–Kier alpha value is -10.9. The van der Waals surface area contributed by atoms with Crippen LogP contribution < -0.4 is 48.3 Å². The summed E-state index contributed by atoms with van der Waals surface area (Å²) in [5, 5.41) is 56.9. The summed E-state index contributed by atoms with van der Waals surface area (Å²) >= 11 is 2.69. The highest BCUT2D eigenvalue weighted by Crippen LogP contribution is 2.34. The van der Waals surface area contributed by atoms with Gasteiger partial charge in [-0.2, -0.15) is 10.2 Å². The van der Waals surface area contributed by atoms with Crippen LogP contribution in [-0.2, 0) is 114 Å². The number of nitrogens with two attached hydrogens (primary N) is 3. The molecule has 0 aliphatic carbocycles. The number of carboxylic acid groups (broad SMARTS) is 3. The van der Waals surface area contributed by atoms with Crippen LogP contribution in [0.25, 0.3) is 10.2 Å². The van der Waals surface area contributed by atoms with Gasteiger partial charge in [-0.15, -0.1) is 21.5 Å². The Morgan fingerprint density at radius 1 is 0.590 bits per heavy atom. The van der Waals surface area contributed by atoms with E-state index in [2.05, 4.69) is 73.5 Å². The number of carboxylic acids is 3. The summed E-state index contributed by atoms with van der Waals surface area (Å²) in [4.78, 5) is 95.0. The summed E-state index contributed by atoms with van der Waals surface area (Å²) in [6.45, 7) is 13.0. The van der Waals surface area contributed by atoms with Gasteiger partial charge in [0.1, 0.15) is 25.4 Å². The number of fused-ring (bicyclic) bond motifs is 1. The van der Waals surface area contributed by atoms with Crippen LogP contribution >= 0.6 is 22.7 Å². The van der Waals surface area contributed by atoms with Gasteiger partial charge in [0.2, 0.25) is 5.91 Å². The lowest BCUT2D eigenvalue weighted by molar-refractivity contribution is -0.896. The molecule has 0 aliphatic rings. The van der Waals surface area contributed by atoms with Crippen molar-refractivity contribution >= 4 is 120 Å². The Morgan fingerprint density at radius 3 is 1.57 bits per heavy atom. The molecule has 1 atom stereocenters. The number of ether oxygens (including phenoxy) is 18. The molecule has 4 amide bonds. The maximum Gasteiger partial charge on any atom is 0.410 e. The maximum absolute atomic E-state index is 15.9. The van der Waals surface area contributed by atoms with E-state index in [1.165, 1.54) is 52.1 Å². The normalized spacial score (nSPS) is 12.1. The van der Waals surface area contributed by atoms with Gasteiger partial charge >= 0.3 is 30.0 Å². The van der Waals surface area contributed by atoms with Crippen LogP contribution in [0.3, 0.4) is 0 Å². The molecule has 3 aromatic heterocycles. The average Bonchev–Trinajstić information content (AvgIpc) is 1.70. The van der Waals surface area contributed by atoms with Gasteiger partial charge in [0.15, 0.2) is 39.2 Å². The summed E-state index contributed by atoms with van der Waals surface area (Å²) in [6, 6.07) is 17.9. The smallest absolute Gasteiger partial charge is 0.410 e. The zero-order valence-electron chi connectivity index (χ0n) is 79.8. The molecule has 0 saturated heterocycles. The van der Waals surface area contributed by atoms with E-state index in [1.54, 1.807) is 37.2 Å². The van der Waals surface area contributed by atoms with Gasteiger partial charge in [0.25, 0.3) is 0 Å². The minimum Gasteiger partial charge on any atom is -0.491 e. The first-order valence-electron chi connectivity index (χ1n) is 45.5. The minimum atomic E-state index is -1.20. The molecular weight excluding hydrogens is 1860 g/mol. The third kappa shape index (κ3) is 52.8. The fourth-order valence-corrected chi connectivity index (χ4v) is 14.0. The van der Waals surface area contributed by atoms with Crippen molar-refractivity contribution in [2.45, 2.75) is 64.6 Å². The Morgan fingerprint density at radius 2 is 1.09 bits per heavy atom. The van der Waals surface area contributed by atoms with Crippen LogP contribution in [-0.4, -0.2) is 396 Å². The molecule has 48 heteroatoms. The van der Waals surface area contributed by atoms with E-state index in [1.807, 2.05) is 57.4 Å². The number of halogens is 1. The van der Waals surface area contributed by atoms with E-state index in [0.29, 0.717) is 235 Å². The van der Waals surface area contributed by atoms with Crippen molar-refractivity contribution in [1.82, 2.24) is 35.7 Å². The third-order valence-corrected chi connectivity index (χ3v) is 21.3. The number of thiazole rings is 2. The van der Waals surface area contributed by atoms with Crippen molar-refractivity contribution in [3.05, 3.63) is 105 Å². The standard InChI is InChI=1S/C91H135FN18O27S2/c1-68-59-81(106-107-85(68)103-89-101-76-12-6-7-14-79(76)138-89)108(3)90-102-84(87(116)117)80(139-90)15-10-26-136-78-19-16-69(60-75(78)92)11-9-25-110(4,5)66-70-17-18-72(100-86(115)77(96-2)13-8-22-99-88(93)118)61-71(70)64-109(65-73(104-94)62-97-23-29-122-33-37-126-41-45-130-49-53-134-57-55-132-51-47-128-43-39-124-35-31-120-27-20-82(111)112)91(119)137-67-74(105-95)63-98-24-30-123-34-38-127-42-46-131-50-54-135-58-56-133-52-48-129-44-40-125-36-32-121-28-21-83(113)114/h6-7,12,14,16-19,59-63,77,96H,8,10,13,15,20-58,64-67H2,1-5H3,(H11-,93,94,95,97,98,99,100,101,103,107,111,112,113,114,115,116,117,118)/p+1. The van der Waals surface area contributed by atoms with E-state index in [9.17, 15) is 33.9 Å². The number of amides is 4. The van der Waals surface area contributed by atoms with Crippen molar-refractivity contribution in [2.75, 3.05) is 301 Å². The zero-order valence-corrected chi connectivity index (χ0v) is 81.4. The number of rotatable bonds is 82. The minimum absolute atomic E-state index is 0.0173. The number of hydrogen-bond acceptors (Lipinski definition) is 39. The number of anilines is 5. The average molecular weight is 2000 g/mol. The number of hydrogen-bond donors (Lipinski definition) is 10. The summed E-state index contributed by atoms with van der Waals surface area (Å²) in [5.41, 5.74) is 9.15. The van der Waals surface area contributed by atoms with Crippen LogP contribution in [0.15, 0.2) is 86.9 Å². The van der Waals surface area contributed by atoms with E-state index in [4.69, 9.17) is 113 Å². The molecule has 13 N–H and O–H groups in total. The molecule has 6 rings (SSSR count). The highest BCUT2D eigenvalue weighted by molar-refractivity contribution is 7.22. The first kappa shape index (κ1) is 117. The van der Waals surface area contributed by atoms with Crippen molar-refractivity contribution in [3.8, 4) is 17.6 Å². The quantitative estimate of drug-likeness (QED) is 0.00543. The number of carbonyl (C=O) groups is 6. The van der Waals surface area contributed by atoms with E-state index in [0.717, 1.165) is 21.3 Å². The topological polar surface area (TPSA) is 563 Å². The number of benzene rings is 3. The Kier molecular flexibility index (Phi) is 60.9. The number of nitrogens with one attached hydrogen (secondary N) is 4. The van der Waals surface area contributed by atoms with Gasteiger partial charge in [-0.1, -0.05) is 35.5 Å². The number of para-hydroxylation sites is 1. The van der Waals surface area contributed by atoms with Gasteiger partial charge < -0.3 is 149 Å². The van der Waals surface area contributed by atoms with Crippen LogP contribution in [0.4, 0.5) is 41.6 Å². The van der Waals surface area contributed by atoms with Crippen LogP contribution in [0.1, 0.15) is 69.7 Å². The largest absolute Gasteiger partial charge is 0.491 e. The molecule has 0 aliphatic heterocycles. The molecule has 3 heterocycles. The lowest BCUT2D eigenvalue weighted by Gasteiger charge is -2.30. The fraction of sp³-hybridized carbons (Fsp3) is 0.582. The number of aryl methyl sites for hydroxylation is 2. The number of hydrazone groups is 2. The number of aromatic nitrogens is 4. The summed E-state index contributed by atoms with van der Waals surface area (Å²) in [5.74, 6) is 15.1. The Labute approximate surface area is 816 Å². The molecule has 0 radical (unpaired) electrons. The van der Waals surface area contributed by atoms with Crippen molar-refractivity contribution in [3.63, 3.8) is 0 Å². The highest BCUT2D eigenvalue weighted by atomic mass is 32.1. The number of aromatic carboxylic acids is 1. The molecule has 6 aromatic rings. The molecule has 0 bridgehead atoms. The molecule has 0 fully saturated rings. The summed E-state index contributed by atoms with van der Waals surface area (Å²) in [6.07, 6.45) is 3.22. The first-order valence-corrected chi connectivity index (χ1v) is 47.1. The van der Waals surface area contributed by atoms with E-state index in [-0.39, 0.29) is 145 Å². The van der Waals surface area contributed by atoms with Crippen LogP contribution in [0.2, 0.25) is 0 Å². The third-order valence-electron chi connectivity index (χ3n) is 19.2. The number of aliphatic imine (C=N–C) groups is 2. The number of nitrogens with zero attached hydrogens (tertiary/aromatic N) is 11. The van der Waals surface area contributed by atoms with Crippen molar-refractivity contribution < 1.29 is 138 Å². The Balaban J connectivity index is 1.01. The second-order valence-corrected chi connectivity index (χ2v) is 32.8. The molecule has 45 nitrogen and oxygen atoms in total. The van der Waals surface area contributed by atoms with E-state index >= 15 is 4.39 Å². The van der Waals surface area contributed by atoms with Gasteiger partial charge in [0, 0.05) is 47.7 Å². The SMILES string of the molecule is CNC(CCCNC(N)=O)C(=O)Nc1ccc(C[N+](C)(C)CC#Cc2ccc(OCCCc3sc(N(C)c4cc(C)c(Nc5nc6ccccc6s5)nn4)nc3C(=O)O)c(F)c2)c(CN(CC(C=NCCOCCOCCOCCOCCOCCOCCOCCOCCC(=O)O)=NN)C(=O)OCC(C=NCCOCCOCCOCCOCCOCCOCCOCCOCCC(=O)O)=NN)c1. The monoisotopic (exact) mass is 2000 g/mol. The van der Waals surface area contributed by atoms with Crippen LogP contribution in [0.5, 0.6) is 5.75 Å². The Bertz CT molecular complexity index is 4690. The number of urea groups is 1. The number of carbonyl (C=O) groups excluding carboxylic acids is 3. The van der Waals surface area contributed by atoms with Crippen LogP contribution in [0, 0.1) is 24.6 Å². The molecule has 0 saturated carbocycles. The summed E-state index contributed by atoms with van der Waals surface area (Å²) < 4.78 is 117. The van der Waals surface area contributed by atoms with Crippen molar-refractivity contribution in [1.29, 1.82) is 0 Å². The number of quaternary nitrogens is 1. The number of likely N-dealkylation sites (N-methyl/N-ethyl adjacent to an activating group) is 1. The molecule has 770 valence electrons. The first-order chi connectivity index (χ1) is 67.5. The van der Waals surface area contributed by atoms with Gasteiger partial charge in [-0.3, -0.25) is 29.3 Å². The zero-order chi connectivity index (χ0) is 100.0. The molecule has 139 heavy (non-hydrogen) atoms. The predicted molar refractivity (Wildman–Crippen MR) is 519 cm³/mol. The highest BCUT2D eigenvalue weighted by Gasteiger charge is 2.27. The van der Waals surface area contributed by atoms with E-state index < -0.39 is 48.5 Å². The second-order valence-electron chi connectivity index (χ2n) is 30.7. The lowest BCUT2D eigenvalue weighted by Crippen LogP contribution is -2.41. The number of aliphatic carboxylic acids is 2. The predicted octanol–water partition coefficient (Wildman–Crippen LogP) is 5.74. The lowest BCUT2D eigenvalue weighted by atomic mass is 10.0. The maximum atomic E-state index is 15.9. The van der Waals surface area contributed by atoms with Crippen molar-refractivity contribution in [2.24, 2.45) is 37.6 Å².